The van der Waals surface area contributed by atoms with Gasteiger partial charge in [-0.3, -0.25) is 9.52 Å². The summed E-state index contributed by atoms with van der Waals surface area (Å²) in [5, 5.41) is 2.90. The molecule has 10 heteroatoms. The second-order valence-electron chi connectivity index (χ2n) is 9.02. The van der Waals surface area contributed by atoms with Gasteiger partial charge in [0.25, 0.3) is 10.0 Å². The fraction of sp³-hybridized carbons (Fsp3) is 0.231. The molecule has 1 heterocycles. The number of fused-ring (bicyclic) bond motifs is 1. The molecule has 36 heavy (non-hydrogen) atoms. The van der Waals surface area contributed by atoms with Crippen molar-refractivity contribution >= 4 is 32.7 Å². The lowest BCUT2D eigenvalue weighted by Gasteiger charge is -2.23. The number of rotatable bonds is 10. The molecule has 4 aromatic rings. The van der Waals surface area contributed by atoms with Gasteiger partial charge in [-0.1, -0.05) is 48.5 Å². The Morgan fingerprint density at radius 2 is 1.72 bits per heavy atom. The molecule has 4 rings (SSSR count). The number of carbonyl (C=O) groups excluding carboxylic acids is 1. The number of nitrogens with one attached hydrogen (secondary N) is 3. The Balaban J connectivity index is 1.55. The first-order valence-electron chi connectivity index (χ1n) is 11.4. The third kappa shape index (κ3) is 6.28. The van der Waals surface area contributed by atoms with Gasteiger partial charge < -0.3 is 20.8 Å². The van der Waals surface area contributed by atoms with E-state index in [4.69, 9.17) is 10.5 Å². The van der Waals surface area contributed by atoms with Crippen molar-refractivity contribution in [1.82, 2.24) is 15.3 Å². The number of hydrogen-bond donors (Lipinski definition) is 4. The number of ether oxygens (including phenoxy) is 1. The topological polar surface area (TPSA) is 139 Å². The van der Waals surface area contributed by atoms with Gasteiger partial charge in [0, 0.05) is 0 Å². The molecule has 0 aliphatic heterocycles. The number of H-pyrrole nitrogens is 1. The molecule has 0 aliphatic rings. The van der Waals surface area contributed by atoms with Crippen LogP contribution in [-0.4, -0.2) is 36.4 Å². The van der Waals surface area contributed by atoms with Crippen molar-refractivity contribution in [3.05, 3.63) is 90.3 Å². The van der Waals surface area contributed by atoms with E-state index in [1.165, 1.54) is 12.1 Å². The first-order valence-corrected chi connectivity index (χ1v) is 12.9. The zero-order valence-corrected chi connectivity index (χ0v) is 20.9. The fourth-order valence-electron chi connectivity index (χ4n) is 3.47. The molecular formula is C26H29N5O4S. The summed E-state index contributed by atoms with van der Waals surface area (Å²) in [6.45, 7) is 3.76. The quantitative estimate of drug-likeness (QED) is 0.259. The number of imidazole rings is 1. The van der Waals surface area contributed by atoms with Gasteiger partial charge in [0.2, 0.25) is 5.91 Å². The number of aromatic nitrogens is 2. The van der Waals surface area contributed by atoms with Crippen LogP contribution < -0.4 is 15.8 Å². The summed E-state index contributed by atoms with van der Waals surface area (Å²) in [5.41, 5.74) is 7.49. The van der Waals surface area contributed by atoms with E-state index in [-0.39, 0.29) is 17.4 Å². The molecule has 5 N–H and O–H groups in total. The van der Waals surface area contributed by atoms with Crippen molar-refractivity contribution in [3.8, 4) is 0 Å². The lowest BCUT2D eigenvalue weighted by molar-refractivity contribution is -0.126. The van der Waals surface area contributed by atoms with Gasteiger partial charge in [-0.15, -0.1) is 0 Å². The van der Waals surface area contributed by atoms with E-state index < -0.39 is 21.6 Å². The highest BCUT2D eigenvalue weighted by Gasteiger charge is 2.27. The van der Waals surface area contributed by atoms with Gasteiger partial charge in [-0.05, 0) is 49.7 Å². The number of benzene rings is 3. The minimum absolute atomic E-state index is 0.157. The number of aromatic amines is 1. The van der Waals surface area contributed by atoms with Crippen LogP contribution >= 0.6 is 0 Å². The Labute approximate surface area is 210 Å². The molecule has 3 aromatic carbocycles. The van der Waals surface area contributed by atoms with E-state index in [9.17, 15) is 13.2 Å². The molecular weight excluding hydrogens is 478 g/mol. The molecule has 1 atom stereocenters. The smallest absolute Gasteiger partial charge is 0.261 e. The minimum Gasteiger partial charge on any atom is -0.374 e. The van der Waals surface area contributed by atoms with Crippen LogP contribution in [0.3, 0.4) is 0 Å². The largest absolute Gasteiger partial charge is 0.374 e. The first-order chi connectivity index (χ1) is 17.1. The Bertz CT molecular complexity index is 1430. The Morgan fingerprint density at radius 1 is 1.06 bits per heavy atom. The lowest BCUT2D eigenvalue weighted by Crippen LogP contribution is -2.50. The van der Waals surface area contributed by atoms with Crippen molar-refractivity contribution in [1.29, 1.82) is 0 Å². The number of amides is 1. The van der Waals surface area contributed by atoms with Crippen LogP contribution in [0.4, 0.5) is 5.69 Å². The Hall–Kier alpha value is -3.73. The van der Waals surface area contributed by atoms with E-state index in [1.54, 1.807) is 50.2 Å². The van der Waals surface area contributed by atoms with Crippen LogP contribution in [0.15, 0.2) is 83.8 Å². The molecule has 1 aromatic heterocycles. The van der Waals surface area contributed by atoms with E-state index in [1.807, 2.05) is 30.3 Å². The SMILES string of the molecule is CC(C)(N)C(=O)NC(COCc1ccccc1)c1nc2ccc(NS(=O)(=O)c3ccccc3)cc2[nH]1. The van der Waals surface area contributed by atoms with Crippen molar-refractivity contribution < 1.29 is 17.9 Å². The Kier molecular flexibility index (Phi) is 7.39. The third-order valence-electron chi connectivity index (χ3n) is 5.42. The highest BCUT2D eigenvalue weighted by molar-refractivity contribution is 7.92. The molecule has 1 unspecified atom stereocenters. The van der Waals surface area contributed by atoms with Crippen LogP contribution in [0.1, 0.15) is 31.3 Å². The van der Waals surface area contributed by atoms with Crippen molar-refractivity contribution in [2.75, 3.05) is 11.3 Å². The predicted octanol–water partition coefficient (Wildman–Crippen LogP) is 3.48. The number of anilines is 1. The molecule has 0 saturated heterocycles. The van der Waals surface area contributed by atoms with E-state index in [0.29, 0.717) is 29.2 Å². The highest BCUT2D eigenvalue weighted by Crippen LogP contribution is 2.23. The monoisotopic (exact) mass is 507 g/mol. The average molecular weight is 508 g/mol. The molecule has 9 nitrogen and oxygen atoms in total. The molecule has 0 radical (unpaired) electrons. The molecule has 0 bridgehead atoms. The van der Waals surface area contributed by atoms with Crippen LogP contribution in [0.25, 0.3) is 11.0 Å². The van der Waals surface area contributed by atoms with Crippen molar-refractivity contribution in [2.45, 2.75) is 36.9 Å². The molecule has 0 aliphatic carbocycles. The van der Waals surface area contributed by atoms with Gasteiger partial charge in [0.05, 0.1) is 40.4 Å². The van der Waals surface area contributed by atoms with Crippen LogP contribution in [0, 0.1) is 0 Å². The van der Waals surface area contributed by atoms with Gasteiger partial charge in [-0.2, -0.15) is 0 Å². The zero-order valence-electron chi connectivity index (χ0n) is 20.1. The molecule has 188 valence electrons. The van der Waals surface area contributed by atoms with Crippen LogP contribution in [0.2, 0.25) is 0 Å². The van der Waals surface area contributed by atoms with Gasteiger partial charge in [-0.25, -0.2) is 13.4 Å². The summed E-state index contributed by atoms with van der Waals surface area (Å²) in [7, 11) is -3.74. The van der Waals surface area contributed by atoms with E-state index in [2.05, 4.69) is 20.0 Å². The standard InChI is InChI=1S/C26H29N5O4S/c1-26(2,27)25(32)30-23(17-35-16-18-9-5-3-6-10-18)24-28-21-14-13-19(15-22(21)29-24)31-36(33,34)20-11-7-4-8-12-20/h3-15,23,31H,16-17,27H2,1-2H3,(H,28,29)(H,30,32). The van der Waals surface area contributed by atoms with E-state index >= 15 is 0 Å². The van der Waals surface area contributed by atoms with Crippen molar-refractivity contribution in [3.63, 3.8) is 0 Å². The zero-order chi connectivity index (χ0) is 25.8. The van der Waals surface area contributed by atoms with Crippen LogP contribution in [-0.2, 0) is 26.2 Å². The number of hydrogen-bond acceptors (Lipinski definition) is 6. The van der Waals surface area contributed by atoms with Gasteiger partial charge in [0.15, 0.2) is 0 Å². The number of nitrogens with zero attached hydrogens (tertiary/aromatic N) is 1. The summed E-state index contributed by atoms with van der Waals surface area (Å²) >= 11 is 0. The average Bonchev–Trinajstić information content (AvgIpc) is 3.27. The normalized spacial score (nSPS) is 12.9. The molecule has 0 spiro atoms. The van der Waals surface area contributed by atoms with Gasteiger partial charge >= 0.3 is 0 Å². The van der Waals surface area contributed by atoms with Gasteiger partial charge in [0.1, 0.15) is 11.9 Å². The fourth-order valence-corrected chi connectivity index (χ4v) is 4.54. The Morgan fingerprint density at radius 3 is 2.39 bits per heavy atom. The maximum absolute atomic E-state index is 12.7. The summed E-state index contributed by atoms with van der Waals surface area (Å²) in [6.07, 6.45) is 0. The predicted molar refractivity (Wildman–Crippen MR) is 139 cm³/mol. The molecule has 1 amide bonds. The number of nitrogens with two attached hydrogens (primary N) is 1. The summed E-state index contributed by atoms with van der Waals surface area (Å²) < 4.78 is 33.8. The molecule has 0 saturated carbocycles. The molecule has 0 fully saturated rings. The second-order valence-corrected chi connectivity index (χ2v) is 10.7. The highest BCUT2D eigenvalue weighted by atomic mass is 32.2. The maximum atomic E-state index is 12.7. The summed E-state index contributed by atoms with van der Waals surface area (Å²) in [6, 6.07) is 22.2. The maximum Gasteiger partial charge on any atom is 0.261 e. The van der Waals surface area contributed by atoms with E-state index in [0.717, 1.165) is 5.56 Å². The minimum atomic E-state index is -3.74. The summed E-state index contributed by atoms with van der Waals surface area (Å²) in [5.74, 6) is 0.117. The lowest BCUT2D eigenvalue weighted by atomic mass is 10.1. The number of sulfonamides is 1. The second kappa shape index (κ2) is 10.5. The summed E-state index contributed by atoms with van der Waals surface area (Å²) in [4.78, 5) is 20.6. The number of carbonyl (C=O) groups is 1. The first kappa shape index (κ1) is 25.4. The van der Waals surface area contributed by atoms with Crippen molar-refractivity contribution in [2.24, 2.45) is 5.73 Å². The van der Waals surface area contributed by atoms with Crippen LogP contribution in [0.5, 0.6) is 0 Å². The third-order valence-corrected chi connectivity index (χ3v) is 6.82.